The molecule has 4 nitrogen and oxygen atoms in total. The van der Waals surface area contributed by atoms with Crippen LogP contribution in [0.4, 0.5) is 0 Å². The van der Waals surface area contributed by atoms with Crippen LogP contribution in [0.3, 0.4) is 0 Å². The molecule has 0 amide bonds. The van der Waals surface area contributed by atoms with E-state index in [1.807, 2.05) is 0 Å². The van der Waals surface area contributed by atoms with E-state index < -0.39 is 6.10 Å². The maximum absolute atomic E-state index is 9.13. The van der Waals surface area contributed by atoms with E-state index in [2.05, 4.69) is 10.2 Å². The summed E-state index contributed by atoms with van der Waals surface area (Å²) < 4.78 is 0. The van der Waals surface area contributed by atoms with Crippen molar-refractivity contribution in [3.63, 3.8) is 0 Å². The van der Waals surface area contributed by atoms with Crippen molar-refractivity contribution in [2.75, 3.05) is 6.61 Å². The van der Waals surface area contributed by atoms with E-state index >= 15 is 0 Å². The Hall–Kier alpha value is -0.640. The monoisotopic (exact) mass is 105 g/mol. The van der Waals surface area contributed by atoms with Crippen LogP contribution in [0.2, 0.25) is 0 Å². The lowest BCUT2D eigenvalue weighted by atomic mass is 10.5. The summed E-state index contributed by atoms with van der Waals surface area (Å²) in [6, 6.07) is 0. The van der Waals surface area contributed by atoms with Crippen LogP contribution in [0.15, 0.2) is 5.34 Å². The Labute approximate surface area is 41.0 Å². The molecule has 42 valence electrons. The van der Waals surface area contributed by atoms with E-state index in [0.29, 0.717) is 0 Å². The Balaban J connectivity index is 2.81. The highest BCUT2D eigenvalue weighted by Crippen LogP contribution is 1.80. The van der Waals surface area contributed by atoms with Crippen molar-refractivity contribution in [2.24, 2.45) is 5.34 Å². The maximum Gasteiger partial charge on any atom is 0.155 e. The minimum Gasteiger partial charge on any atom is -0.390 e. The highest BCUT2D eigenvalue weighted by molar-refractivity contribution is 4.37. The molecule has 4 heteroatoms. The normalized spacial score (nSPS) is 12.9. The van der Waals surface area contributed by atoms with Crippen molar-refractivity contribution in [1.29, 1.82) is 0 Å². The van der Waals surface area contributed by atoms with Gasteiger partial charge in [0.05, 0.1) is 6.10 Å². The predicted octanol–water partition coefficient (Wildman–Crippen LogP) is 0.0652. The number of aliphatic hydroxyl groups is 1. The van der Waals surface area contributed by atoms with E-state index in [0.717, 1.165) is 0 Å². The first-order chi connectivity index (χ1) is 3.27. The van der Waals surface area contributed by atoms with Gasteiger partial charge in [0, 0.05) is 0 Å². The molecule has 0 aliphatic carbocycles. The van der Waals surface area contributed by atoms with Crippen molar-refractivity contribution in [1.82, 2.24) is 0 Å². The Morgan fingerprint density at radius 2 is 2.57 bits per heavy atom. The molecule has 0 radical (unpaired) electrons. The summed E-state index contributed by atoms with van der Waals surface area (Å²) >= 11 is 0. The zero-order valence-corrected chi connectivity index (χ0v) is 4.00. The van der Waals surface area contributed by atoms with Crippen LogP contribution in [0.1, 0.15) is 6.92 Å². The Bertz CT molecular complexity index is 54.1. The molecule has 0 bridgehead atoms. The Morgan fingerprint density at radius 1 is 2.00 bits per heavy atom. The van der Waals surface area contributed by atoms with E-state index in [9.17, 15) is 0 Å². The largest absolute Gasteiger partial charge is 0.390 e. The average Bonchev–Trinajstić information content (AvgIpc) is 1.61. The van der Waals surface area contributed by atoms with Gasteiger partial charge in [0.15, 0.2) is 5.34 Å². The predicted molar refractivity (Wildman–Crippen MR) is 23.4 cm³/mol. The first kappa shape index (κ1) is 6.36. The smallest absolute Gasteiger partial charge is 0.155 e. The van der Waals surface area contributed by atoms with E-state index in [1.54, 1.807) is 0 Å². The molecule has 0 heterocycles. The molecule has 0 saturated carbocycles. The first-order valence-corrected chi connectivity index (χ1v) is 1.90. The quantitative estimate of drug-likeness (QED) is 0.408. The molecule has 0 aliphatic rings. The second-order valence-corrected chi connectivity index (χ2v) is 1.22. The summed E-state index contributed by atoms with van der Waals surface area (Å²) in [5.41, 5.74) is 0. The zero-order valence-electron chi connectivity index (χ0n) is 4.00. The van der Waals surface area contributed by atoms with Gasteiger partial charge in [0.1, 0.15) is 6.61 Å². The molecule has 0 aliphatic heterocycles. The number of aliphatic hydroxyl groups excluding tert-OH is 1. The molecular weight excluding hydrogens is 98.0 g/mol. The molecule has 1 atom stereocenters. The van der Waals surface area contributed by atoms with Gasteiger partial charge in [-0.25, -0.2) is 0 Å². The van der Waals surface area contributed by atoms with Crippen LogP contribution >= 0.6 is 0 Å². The van der Waals surface area contributed by atoms with E-state index in [-0.39, 0.29) is 6.61 Å². The second-order valence-electron chi connectivity index (χ2n) is 1.22. The maximum atomic E-state index is 9.13. The molecule has 0 saturated heterocycles. The third-order valence-corrected chi connectivity index (χ3v) is 0.368. The van der Waals surface area contributed by atoms with Gasteiger partial charge >= 0.3 is 0 Å². The Kier molecular flexibility index (Phi) is 3.22. The fourth-order valence-electron chi connectivity index (χ4n) is 0.138. The lowest BCUT2D eigenvalue weighted by Crippen LogP contribution is -2.06. The molecule has 1 N–H and O–H groups in total. The average molecular weight is 105 g/mol. The third kappa shape index (κ3) is 5.36. The van der Waals surface area contributed by atoms with Gasteiger partial charge in [-0.1, -0.05) is 0 Å². The molecule has 0 fully saturated rings. The van der Waals surface area contributed by atoms with Gasteiger partial charge in [0.25, 0.3) is 0 Å². The zero-order chi connectivity index (χ0) is 5.70. The van der Waals surface area contributed by atoms with Crippen LogP contribution < -0.4 is 0 Å². The molecule has 0 unspecified atom stereocenters. The summed E-state index contributed by atoms with van der Waals surface area (Å²) in [7, 11) is 0. The number of hydrogen-bond acceptors (Lipinski definition) is 4. The fourth-order valence-corrected chi connectivity index (χ4v) is 0.138. The summed E-state index contributed by atoms with van der Waals surface area (Å²) in [6.07, 6.45) is -0.613. The summed E-state index contributed by atoms with van der Waals surface area (Å²) in [4.78, 5) is 13.0. The van der Waals surface area contributed by atoms with E-state index in [4.69, 9.17) is 10.0 Å². The minimum absolute atomic E-state index is 0.0243. The molecule has 7 heavy (non-hydrogen) atoms. The second kappa shape index (κ2) is 3.55. The SMILES string of the molecule is C[C@@H](O)CON=O. The fraction of sp³-hybridized carbons (Fsp3) is 1.00. The van der Waals surface area contributed by atoms with Crippen molar-refractivity contribution in [2.45, 2.75) is 13.0 Å². The molecule has 0 aromatic carbocycles. The molecule has 0 aromatic rings. The minimum atomic E-state index is -0.613. The van der Waals surface area contributed by atoms with Gasteiger partial charge in [-0.15, -0.1) is 4.91 Å². The highest BCUT2D eigenvalue weighted by atomic mass is 16.7. The standard InChI is InChI=1S/C3H7NO3/c1-3(5)2-7-4-6/h3,5H,2H2,1H3/t3-/m1/s1. The summed E-state index contributed by atoms with van der Waals surface area (Å²) in [5.74, 6) is 0. The van der Waals surface area contributed by atoms with E-state index in [1.165, 1.54) is 6.92 Å². The van der Waals surface area contributed by atoms with Crippen LogP contribution in [0.25, 0.3) is 0 Å². The van der Waals surface area contributed by atoms with Crippen LogP contribution in [0, 0.1) is 4.91 Å². The van der Waals surface area contributed by atoms with Crippen LogP contribution in [0.5, 0.6) is 0 Å². The highest BCUT2D eigenvalue weighted by Gasteiger charge is 1.91. The van der Waals surface area contributed by atoms with Gasteiger partial charge < -0.3 is 9.94 Å². The number of hydrogen-bond donors (Lipinski definition) is 1. The molecule has 0 rings (SSSR count). The third-order valence-electron chi connectivity index (χ3n) is 0.368. The van der Waals surface area contributed by atoms with Crippen molar-refractivity contribution < 1.29 is 9.94 Å². The number of rotatable bonds is 3. The molecule has 0 spiro atoms. The van der Waals surface area contributed by atoms with Gasteiger partial charge in [-0.3, -0.25) is 0 Å². The van der Waals surface area contributed by atoms with Crippen molar-refractivity contribution in [3.8, 4) is 0 Å². The van der Waals surface area contributed by atoms with Crippen LogP contribution in [-0.4, -0.2) is 17.8 Å². The Morgan fingerprint density at radius 3 is 2.71 bits per heavy atom. The van der Waals surface area contributed by atoms with Gasteiger partial charge in [-0.2, -0.15) is 0 Å². The molecular formula is C3H7NO3. The first-order valence-electron chi connectivity index (χ1n) is 1.90. The molecule has 0 aromatic heterocycles. The van der Waals surface area contributed by atoms with Gasteiger partial charge in [0.2, 0.25) is 0 Å². The van der Waals surface area contributed by atoms with Gasteiger partial charge in [-0.05, 0) is 6.92 Å². The summed E-state index contributed by atoms with van der Waals surface area (Å²) in [6.45, 7) is 1.48. The van der Waals surface area contributed by atoms with Crippen LogP contribution in [-0.2, 0) is 4.84 Å². The number of nitrogens with zero attached hydrogens (tertiary/aromatic N) is 1. The lowest BCUT2D eigenvalue weighted by molar-refractivity contribution is 0.0476. The van der Waals surface area contributed by atoms with Crippen molar-refractivity contribution in [3.05, 3.63) is 4.91 Å². The van der Waals surface area contributed by atoms with Crippen molar-refractivity contribution >= 4 is 0 Å². The lowest BCUT2D eigenvalue weighted by Gasteiger charge is -1.95. The topological polar surface area (TPSA) is 58.9 Å². The summed E-state index contributed by atoms with van der Waals surface area (Å²) in [5, 5.41) is 10.4.